The van der Waals surface area contributed by atoms with E-state index >= 15 is 0 Å². The first kappa shape index (κ1) is 26.4. The number of carbonyl (C=O) groups is 3. The van der Waals surface area contributed by atoms with Gasteiger partial charge in [-0.15, -0.1) is 0 Å². The second-order valence-electron chi connectivity index (χ2n) is 11.2. The fourth-order valence-corrected chi connectivity index (χ4v) is 6.42. The normalized spacial score (nSPS) is 27.6. The third kappa shape index (κ3) is 6.89. The highest BCUT2D eigenvalue weighted by molar-refractivity contribution is 7.81. The van der Waals surface area contributed by atoms with Gasteiger partial charge in [0.2, 0.25) is 11.8 Å². The predicted molar refractivity (Wildman–Crippen MR) is 133 cm³/mol. The standard InChI is InChI=1S/C26H44N2O4S/c1-17(2)22(33)23(29)28-26(14-6-7-15-26)25(32)27-21(24(30)31)16-18-10-12-20(13-11-18)19-8-4-3-5-9-19/h17-22,33H,3-16H2,1-2H3,(H,27,32)(H,28,29)(H,30,31)/t18?,20?,21-,22-/m0/s1. The van der Waals surface area contributed by atoms with Crippen molar-refractivity contribution >= 4 is 30.4 Å². The fourth-order valence-electron chi connectivity index (χ4n) is 6.35. The van der Waals surface area contributed by atoms with Gasteiger partial charge in [-0.05, 0) is 55.8 Å². The van der Waals surface area contributed by atoms with Gasteiger partial charge in [0, 0.05) is 0 Å². The van der Waals surface area contributed by atoms with Crippen molar-refractivity contribution in [1.82, 2.24) is 10.6 Å². The highest BCUT2D eigenvalue weighted by atomic mass is 32.1. The van der Waals surface area contributed by atoms with Gasteiger partial charge >= 0.3 is 5.97 Å². The second kappa shape index (κ2) is 11.9. The van der Waals surface area contributed by atoms with E-state index in [2.05, 4.69) is 23.3 Å². The Morgan fingerprint density at radius 1 is 0.909 bits per heavy atom. The SMILES string of the molecule is CC(C)[C@H](S)C(=O)NC1(C(=O)N[C@@H](CC2CCC(C3CCCCC3)CC2)C(=O)O)CCCC1. The van der Waals surface area contributed by atoms with Crippen LogP contribution in [-0.4, -0.2) is 39.7 Å². The molecule has 7 heteroatoms. The molecule has 0 aromatic heterocycles. The maximum atomic E-state index is 13.3. The van der Waals surface area contributed by atoms with Crippen LogP contribution in [0.4, 0.5) is 0 Å². The number of hydrogen-bond acceptors (Lipinski definition) is 4. The van der Waals surface area contributed by atoms with Crippen LogP contribution in [0.25, 0.3) is 0 Å². The first-order valence-corrected chi connectivity index (χ1v) is 13.8. The lowest BCUT2D eigenvalue weighted by atomic mass is 9.70. The van der Waals surface area contributed by atoms with E-state index in [-0.39, 0.29) is 17.7 Å². The summed E-state index contributed by atoms with van der Waals surface area (Å²) in [6, 6.07) is -0.903. The number of carbonyl (C=O) groups excluding carboxylic acids is 2. The third-order valence-electron chi connectivity index (χ3n) is 8.53. The lowest BCUT2D eigenvalue weighted by Gasteiger charge is -2.37. The fraction of sp³-hybridized carbons (Fsp3) is 0.885. The molecule has 3 rings (SSSR count). The van der Waals surface area contributed by atoms with Gasteiger partial charge in [0.25, 0.3) is 0 Å². The summed E-state index contributed by atoms with van der Waals surface area (Å²) < 4.78 is 0. The monoisotopic (exact) mass is 480 g/mol. The second-order valence-corrected chi connectivity index (χ2v) is 11.8. The first-order valence-electron chi connectivity index (χ1n) is 13.3. The zero-order chi connectivity index (χ0) is 24.0. The topological polar surface area (TPSA) is 95.5 Å². The minimum Gasteiger partial charge on any atom is -0.480 e. The molecular weight excluding hydrogens is 436 g/mol. The van der Waals surface area contributed by atoms with E-state index in [0.717, 1.165) is 37.5 Å². The molecule has 3 fully saturated rings. The Balaban J connectivity index is 1.56. The smallest absolute Gasteiger partial charge is 0.326 e. The molecular formula is C26H44N2O4S. The van der Waals surface area contributed by atoms with E-state index < -0.39 is 22.8 Å². The Hall–Kier alpha value is -1.24. The van der Waals surface area contributed by atoms with Crippen LogP contribution in [0.2, 0.25) is 0 Å². The molecule has 0 bridgehead atoms. The van der Waals surface area contributed by atoms with Gasteiger partial charge in [0.15, 0.2) is 0 Å². The number of carboxylic acid groups (broad SMARTS) is 1. The highest BCUT2D eigenvalue weighted by Crippen LogP contribution is 2.41. The molecule has 2 amide bonds. The molecule has 0 unspecified atom stereocenters. The molecule has 0 aromatic carbocycles. The molecule has 3 aliphatic rings. The van der Waals surface area contributed by atoms with Gasteiger partial charge < -0.3 is 15.7 Å². The van der Waals surface area contributed by atoms with E-state index in [1.807, 2.05) is 13.8 Å². The number of rotatable bonds is 9. The Bertz CT molecular complexity index is 678. The van der Waals surface area contributed by atoms with Gasteiger partial charge in [0.05, 0.1) is 5.25 Å². The molecule has 3 aliphatic carbocycles. The Morgan fingerprint density at radius 3 is 2.03 bits per heavy atom. The average Bonchev–Trinajstić information content (AvgIpc) is 3.28. The predicted octanol–water partition coefficient (Wildman–Crippen LogP) is 4.72. The summed E-state index contributed by atoms with van der Waals surface area (Å²) in [6.45, 7) is 3.84. The van der Waals surface area contributed by atoms with E-state index in [9.17, 15) is 19.5 Å². The number of thiol groups is 1. The van der Waals surface area contributed by atoms with Crippen molar-refractivity contribution in [3.8, 4) is 0 Å². The van der Waals surface area contributed by atoms with Crippen molar-refractivity contribution in [3.63, 3.8) is 0 Å². The van der Waals surface area contributed by atoms with Gasteiger partial charge in [-0.1, -0.05) is 71.6 Å². The quantitative estimate of drug-likeness (QED) is 0.359. The van der Waals surface area contributed by atoms with Crippen molar-refractivity contribution in [1.29, 1.82) is 0 Å². The van der Waals surface area contributed by atoms with E-state index in [0.29, 0.717) is 25.2 Å². The number of hydrogen-bond donors (Lipinski definition) is 4. The van der Waals surface area contributed by atoms with Gasteiger partial charge in [-0.25, -0.2) is 4.79 Å². The maximum absolute atomic E-state index is 13.3. The van der Waals surface area contributed by atoms with Crippen molar-refractivity contribution in [2.75, 3.05) is 0 Å². The van der Waals surface area contributed by atoms with Crippen LogP contribution in [0.3, 0.4) is 0 Å². The molecule has 0 aliphatic heterocycles. The van der Waals surface area contributed by atoms with E-state index in [1.54, 1.807) is 0 Å². The largest absolute Gasteiger partial charge is 0.480 e. The van der Waals surface area contributed by atoms with Crippen molar-refractivity contribution < 1.29 is 19.5 Å². The van der Waals surface area contributed by atoms with E-state index in [1.165, 1.54) is 44.9 Å². The van der Waals surface area contributed by atoms with Crippen molar-refractivity contribution in [3.05, 3.63) is 0 Å². The molecule has 2 atom stereocenters. The average molecular weight is 481 g/mol. The molecule has 0 spiro atoms. The lowest BCUT2D eigenvalue weighted by Crippen LogP contribution is -2.61. The van der Waals surface area contributed by atoms with Gasteiger partial charge in [0.1, 0.15) is 11.6 Å². The van der Waals surface area contributed by atoms with Crippen LogP contribution in [-0.2, 0) is 14.4 Å². The molecule has 0 radical (unpaired) electrons. The number of aliphatic carboxylic acids is 1. The molecule has 188 valence electrons. The Morgan fingerprint density at radius 2 is 1.48 bits per heavy atom. The van der Waals surface area contributed by atoms with Crippen LogP contribution < -0.4 is 10.6 Å². The summed E-state index contributed by atoms with van der Waals surface area (Å²) >= 11 is 4.40. The van der Waals surface area contributed by atoms with Gasteiger partial charge in [-0.2, -0.15) is 12.6 Å². The Labute approximate surface area is 204 Å². The summed E-state index contributed by atoms with van der Waals surface area (Å²) in [5.41, 5.74) is -1.01. The number of carboxylic acids is 1. The maximum Gasteiger partial charge on any atom is 0.326 e. The van der Waals surface area contributed by atoms with Crippen LogP contribution in [0.1, 0.15) is 104 Å². The molecule has 0 saturated heterocycles. The summed E-state index contributed by atoms with van der Waals surface area (Å²) in [4.78, 5) is 38.0. The molecule has 3 saturated carbocycles. The number of amides is 2. The molecule has 6 nitrogen and oxygen atoms in total. The molecule has 3 N–H and O–H groups in total. The van der Waals surface area contributed by atoms with Crippen molar-refractivity contribution in [2.24, 2.45) is 23.7 Å². The third-order valence-corrected chi connectivity index (χ3v) is 9.37. The van der Waals surface area contributed by atoms with E-state index in [4.69, 9.17) is 0 Å². The Kier molecular flexibility index (Phi) is 9.54. The summed E-state index contributed by atoms with van der Waals surface area (Å²) in [5.74, 6) is 0.465. The van der Waals surface area contributed by atoms with Crippen molar-refractivity contribution in [2.45, 2.75) is 121 Å². The van der Waals surface area contributed by atoms with Crippen LogP contribution in [0.5, 0.6) is 0 Å². The summed E-state index contributed by atoms with van der Waals surface area (Å²) in [5, 5.41) is 15.1. The lowest BCUT2D eigenvalue weighted by molar-refractivity contribution is -0.144. The summed E-state index contributed by atoms with van der Waals surface area (Å²) in [7, 11) is 0. The molecule has 33 heavy (non-hydrogen) atoms. The van der Waals surface area contributed by atoms with Crippen LogP contribution in [0, 0.1) is 23.7 Å². The zero-order valence-electron chi connectivity index (χ0n) is 20.5. The molecule has 0 heterocycles. The molecule has 0 aromatic rings. The van der Waals surface area contributed by atoms with Gasteiger partial charge in [-0.3, -0.25) is 9.59 Å². The number of nitrogens with one attached hydrogen (secondary N) is 2. The highest BCUT2D eigenvalue weighted by Gasteiger charge is 2.45. The first-order chi connectivity index (χ1) is 15.7. The minimum atomic E-state index is -1.01. The van der Waals surface area contributed by atoms with Crippen LogP contribution >= 0.6 is 12.6 Å². The summed E-state index contributed by atoms with van der Waals surface area (Å²) in [6.07, 6.45) is 14.6. The van der Waals surface area contributed by atoms with Crippen LogP contribution in [0.15, 0.2) is 0 Å². The zero-order valence-corrected chi connectivity index (χ0v) is 21.4. The minimum absolute atomic E-state index is 0.0466.